The van der Waals surface area contributed by atoms with Crippen LogP contribution in [0.5, 0.6) is 5.75 Å². The van der Waals surface area contributed by atoms with Crippen LogP contribution in [0.15, 0.2) is 18.2 Å². The summed E-state index contributed by atoms with van der Waals surface area (Å²) in [4.78, 5) is 12.6. The summed E-state index contributed by atoms with van der Waals surface area (Å²) in [7, 11) is 1.90. The average Bonchev–Trinajstić information content (AvgIpc) is 2.17. The second-order valence-electron chi connectivity index (χ2n) is 3.43. The van der Waals surface area contributed by atoms with Gasteiger partial charge in [0.1, 0.15) is 11.3 Å². The first-order chi connectivity index (χ1) is 7.06. The van der Waals surface area contributed by atoms with Crippen molar-refractivity contribution in [3.63, 3.8) is 0 Å². The zero-order chi connectivity index (χ0) is 11.4. The zero-order valence-electron chi connectivity index (χ0n) is 8.90. The Balaban J connectivity index is 2.96. The molecule has 15 heavy (non-hydrogen) atoms. The lowest BCUT2D eigenvalue weighted by molar-refractivity contribution is 0.0694. The molecule has 0 aliphatic rings. The fraction of sp³-hybridized carbons (Fsp3) is 0.364. The van der Waals surface area contributed by atoms with E-state index in [-0.39, 0.29) is 11.3 Å². The van der Waals surface area contributed by atoms with Crippen molar-refractivity contribution in [3.05, 3.63) is 23.8 Å². The first-order valence-corrected chi connectivity index (χ1v) is 4.83. The van der Waals surface area contributed by atoms with Crippen molar-refractivity contribution in [1.82, 2.24) is 0 Å². The lowest BCUT2D eigenvalue weighted by Gasteiger charge is -2.18. The van der Waals surface area contributed by atoms with Crippen LogP contribution in [-0.4, -0.2) is 29.8 Å². The van der Waals surface area contributed by atoms with Gasteiger partial charge in [-0.05, 0) is 18.6 Å². The Morgan fingerprint density at radius 2 is 2.13 bits per heavy atom. The van der Waals surface area contributed by atoms with E-state index in [1.807, 2.05) is 11.9 Å². The Hall–Kier alpha value is -1.71. The largest absolute Gasteiger partial charge is 0.507 e. The van der Waals surface area contributed by atoms with Gasteiger partial charge in [-0.3, -0.25) is 0 Å². The van der Waals surface area contributed by atoms with Crippen LogP contribution >= 0.6 is 0 Å². The number of anilines is 1. The van der Waals surface area contributed by atoms with Crippen molar-refractivity contribution < 1.29 is 15.0 Å². The lowest BCUT2D eigenvalue weighted by atomic mass is 10.1. The van der Waals surface area contributed by atoms with E-state index in [9.17, 15) is 9.90 Å². The Labute approximate surface area is 88.8 Å². The molecular formula is C11H15NO3. The number of aromatic hydroxyl groups is 1. The molecule has 1 aromatic carbocycles. The maximum Gasteiger partial charge on any atom is 0.339 e. The van der Waals surface area contributed by atoms with Crippen molar-refractivity contribution in [2.45, 2.75) is 13.3 Å². The van der Waals surface area contributed by atoms with Crippen LogP contribution in [0.25, 0.3) is 0 Å². The van der Waals surface area contributed by atoms with Crippen LogP contribution < -0.4 is 4.90 Å². The van der Waals surface area contributed by atoms with Crippen molar-refractivity contribution in [1.29, 1.82) is 0 Å². The third-order valence-electron chi connectivity index (χ3n) is 2.21. The minimum Gasteiger partial charge on any atom is -0.507 e. The number of hydrogen-bond acceptors (Lipinski definition) is 3. The highest BCUT2D eigenvalue weighted by molar-refractivity contribution is 5.91. The van der Waals surface area contributed by atoms with Crippen LogP contribution in [0.3, 0.4) is 0 Å². The summed E-state index contributed by atoms with van der Waals surface area (Å²) in [5.74, 6) is -1.31. The van der Waals surface area contributed by atoms with E-state index in [1.54, 1.807) is 6.07 Å². The fourth-order valence-corrected chi connectivity index (χ4v) is 1.40. The van der Waals surface area contributed by atoms with Crippen LogP contribution in [0.4, 0.5) is 5.69 Å². The highest BCUT2D eigenvalue weighted by Gasteiger charge is 2.10. The molecule has 0 radical (unpaired) electrons. The Morgan fingerprint density at radius 3 is 2.60 bits per heavy atom. The summed E-state index contributed by atoms with van der Waals surface area (Å²) in [6, 6.07) is 4.58. The minimum absolute atomic E-state index is 0.0661. The third kappa shape index (κ3) is 2.62. The molecule has 0 aromatic heterocycles. The molecular weight excluding hydrogens is 194 g/mol. The number of carboxylic acid groups (broad SMARTS) is 1. The number of benzene rings is 1. The number of aromatic carboxylic acids is 1. The van der Waals surface area contributed by atoms with Gasteiger partial charge < -0.3 is 15.1 Å². The molecule has 0 unspecified atom stereocenters. The average molecular weight is 209 g/mol. The van der Waals surface area contributed by atoms with E-state index < -0.39 is 5.97 Å². The molecule has 0 bridgehead atoms. The Bertz CT molecular complexity index is 363. The molecule has 0 saturated heterocycles. The molecule has 1 rings (SSSR count). The number of carboxylic acids is 1. The van der Waals surface area contributed by atoms with Gasteiger partial charge in [0.2, 0.25) is 0 Å². The molecule has 4 nitrogen and oxygen atoms in total. The quantitative estimate of drug-likeness (QED) is 0.795. The molecule has 0 heterocycles. The molecule has 0 atom stereocenters. The monoisotopic (exact) mass is 209 g/mol. The Morgan fingerprint density at radius 1 is 1.47 bits per heavy atom. The normalized spacial score (nSPS) is 10.0. The van der Waals surface area contributed by atoms with Gasteiger partial charge in [0.15, 0.2) is 0 Å². The molecule has 2 N–H and O–H groups in total. The molecule has 0 aliphatic heterocycles. The van der Waals surface area contributed by atoms with Crippen LogP contribution in [0.1, 0.15) is 23.7 Å². The second kappa shape index (κ2) is 4.68. The van der Waals surface area contributed by atoms with E-state index in [4.69, 9.17) is 5.11 Å². The third-order valence-corrected chi connectivity index (χ3v) is 2.21. The van der Waals surface area contributed by atoms with E-state index in [0.717, 1.165) is 18.7 Å². The summed E-state index contributed by atoms with van der Waals surface area (Å²) < 4.78 is 0. The predicted octanol–water partition coefficient (Wildman–Crippen LogP) is 1.94. The molecule has 0 spiro atoms. The van der Waals surface area contributed by atoms with Gasteiger partial charge >= 0.3 is 5.97 Å². The summed E-state index contributed by atoms with van der Waals surface area (Å²) in [5.41, 5.74) is 0.753. The van der Waals surface area contributed by atoms with Crippen molar-refractivity contribution in [3.8, 4) is 5.75 Å². The molecule has 1 aromatic rings. The number of hydrogen-bond donors (Lipinski definition) is 2. The molecule has 82 valence electrons. The number of carbonyl (C=O) groups is 1. The first-order valence-electron chi connectivity index (χ1n) is 4.83. The van der Waals surface area contributed by atoms with Gasteiger partial charge in [-0.25, -0.2) is 4.79 Å². The summed E-state index contributed by atoms with van der Waals surface area (Å²) in [6.45, 7) is 2.92. The maximum absolute atomic E-state index is 10.7. The maximum atomic E-state index is 10.7. The Kier molecular flexibility index (Phi) is 3.55. The summed E-state index contributed by atoms with van der Waals surface area (Å²) in [6.07, 6.45) is 0.998. The first kappa shape index (κ1) is 11.4. The number of rotatable bonds is 4. The van der Waals surface area contributed by atoms with E-state index >= 15 is 0 Å². The summed E-state index contributed by atoms with van der Waals surface area (Å²) in [5, 5.41) is 18.2. The zero-order valence-corrected chi connectivity index (χ0v) is 8.90. The SMILES string of the molecule is CCCN(C)c1ccc(C(=O)O)c(O)c1. The highest BCUT2D eigenvalue weighted by Crippen LogP contribution is 2.24. The number of phenols is 1. The van der Waals surface area contributed by atoms with E-state index in [0.29, 0.717) is 0 Å². The fourth-order valence-electron chi connectivity index (χ4n) is 1.40. The smallest absolute Gasteiger partial charge is 0.339 e. The van der Waals surface area contributed by atoms with Crippen LogP contribution in [0, 0.1) is 0 Å². The molecule has 0 saturated carbocycles. The lowest BCUT2D eigenvalue weighted by Crippen LogP contribution is -2.17. The van der Waals surface area contributed by atoms with Gasteiger partial charge in [-0.2, -0.15) is 0 Å². The van der Waals surface area contributed by atoms with Gasteiger partial charge in [0.25, 0.3) is 0 Å². The predicted molar refractivity (Wildman–Crippen MR) is 58.6 cm³/mol. The molecule has 0 amide bonds. The van der Waals surface area contributed by atoms with Crippen molar-refractivity contribution in [2.24, 2.45) is 0 Å². The minimum atomic E-state index is -1.11. The van der Waals surface area contributed by atoms with Gasteiger partial charge in [-0.15, -0.1) is 0 Å². The number of nitrogens with zero attached hydrogens (tertiary/aromatic N) is 1. The molecule has 0 fully saturated rings. The van der Waals surface area contributed by atoms with Crippen LogP contribution in [-0.2, 0) is 0 Å². The van der Waals surface area contributed by atoms with Crippen molar-refractivity contribution in [2.75, 3.05) is 18.5 Å². The standard InChI is InChI=1S/C11H15NO3/c1-3-6-12(2)8-4-5-9(11(14)15)10(13)7-8/h4-5,7,13H,3,6H2,1-2H3,(H,14,15). The van der Waals surface area contributed by atoms with Crippen molar-refractivity contribution >= 4 is 11.7 Å². The van der Waals surface area contributed by atoms with Gasteiger partial charge in [-0.1, -0.05) is 6.92 Å². The van der Waals surface area contributed by atoms with Gasteiger partial charge in [0.05, 0.1) is 0 Å². The molecule has 4 heteroatoms. The molecule has 0 aliphatic carbocycles. The topological polar surface area (TPSA) is 60.8 Å². The van der Waals surface area contributed by atoms with E-state index in [1.165, 1.54) is 12.1 Å². The summed E-state index contributed by atoms with van der Waals surface area (Å²) >= 11 is 0. The highest BCUT2D eigenvalue weighted by atomic mass is 16.4. The van der Waals surface area contributed by atoms with Gasteiger partial charge in [0, 0.05) is 25.3 Å². The second-order valence-corrected chi connectivity index (χ2v) is 3.43. The van der Waals surface area contributed by atoms with E-state index in [2.05, 4.69) is 6.92 Å². The van der Waals surface area contributed by atoms with Crippen LogP contribution in [0.2, 0.25) is 0 Å².